The number of amides is 1. The van der Waals surface area contributed by atoms with E-state index in [2.05, 4.69) is 10.2 Å². The molecule has 6 heteroatoms. The maximum atomic E-state index is 12.1. The molecule has 2 saturated heterocycles. The van der Waals surface area contributed by atoms with Crippen LogP contribution >= 0.6 is 11.8 Å². The zero-order valence-corrected chi connectivity index (χ0v) is 12.3. The van der Waals surface area contributed by atoms with Crippen LogP contribution in [0.25, 0.3) is 0 Å². The molecule has 110 valence electrons. The average molecular weight is 287 g/mol. The van der Waals surface area contributed by atoms with E-state index in [-0.39, 0.29) is 12.5 Å². The number of hydrogen-bond donors (Lipinski definition) is 2. The predicted octanol–water partition coefficient (Wildman–Crippen LogP) is -0.392. The van der Waals surface area contributed by atoms with Gasteiger partial charge in [0.1, 0.15) is 0 Å². The lowest BCUT2D eigenvalue weighted by molar-refractivity contribution is -0.130. The van der Waals surface area contributed by atoms with Gasteiger partial charge in [-0.05, 0) is 25.9 Å². The number of nitrogens with one attached hydrogen (secondary N) is 1. The molecule has 0 unspecified atom stereocenters. The number of hydrogen-bond acceptors (Lipinski definition) is 5. The third kappa shape index (κ3) is 4.95. The minimum Gasteiger partial charge on any atom is -0.395 e. The number of piperazine rings is 1. The van der Waals surface area contributed by atoms with Gasteiger partial charge in [0.25, 0.3) is 0 Å². The van der Waals surface area contributed by atoms with Gasteiger partial charge in [0.15, 0.2) is 0 Å². The summed E-state index contributed by atoms with van der Waals surface area (Å²) in [5.41, 5.74) is 0. The molecule has 2 aliphatic rings. The first kappa shape index (κ1) is 15.1. The van der Waals surface area contributed by atoms with Gasteiger partial charge in [-0.1, -0.05) is 0 Å². The number of thioether (sulfide) groups is 1. The highest BCUT2D eigenvalue weighted by molar-refractivity contribution is 8.00. The number of nitrogens with zero attached hydrogens (tertiary/aromatic N) is 2. The van der Waals surface area contributed by atoms with Crippen molar-refractivity contribution in [3.63, 3.8) is 0 Å². The maximum absolute atomic E-state index is 12.1. The lowest BCUT2D eigenvalue weighted by Gasteiger charge is -2.34. The summed E-state index contributed by atoms with van der Waals surface area (Å²) in [6.07, 6.45) is 2.37. The first-order valence-electron chi connectivity index (χ1n) is 7.23. The van der Waals surface area contributed by atoms with E-state index < -0.39 is 0 Å². The van der Waals surface area contributed by atoms with Crippen molar-refractivity contribution in [1.29, 1.82) is 0 Å². The van der Waals surface area contributed by atoms with Crippen LogP contribution in [-0.2, 0) is 4.79 Å². The standard InChI is InChI=1S/C13H25N3O2S/c17-10-9-15-5-7-16(8-6-15)13(18)11-19-12-1-3-14-4-2-12/h12,14,17H,1-11H2. The highest BCUT2D eigenvalue weighted by atomic mass is 32.2. The Balaban J connectivity index is 1.63. The van der Waals surface area contributed by atoms with Gasteiger partial charge in [0, 0.05) is 38.0 Å². The molecule has 19 heavy (non-hydrogen) atoms. The first-order chi connectivity index (χ1) is 9.29. The molecule has 0 aromatic heterocycles. The van der Waals surface area contributed by atoms with Crippen molar-refractivity contribution in [3.05, 3.63) is 0 Å². The number of aliphatic hydroxyl groups is 1. The second-order valence-electron chi connectivity index (χ2n) is 5.21. The van der Waals surface area contributed by atoms with Crippen LogP contribution in [0.2, 0.25) is 0 Å². The predicted molar refractivity (Wildman–Crippen MR) is 78.5 cm³/mol. The molecule has 0 spiro atoms. The number of β-amino-alcohol motifs (C(OH)–C–C–N with tert-alkyl or cyclic N) is 1. The fraction of sp³-hybridized carbons (Fsp3) is 0.923. The Hall–Kier alpha value is -0.300. The molecule has 0 radical (unpaired) electrons. The highest BCUT2D eigenvalue weighted by Crippen LogP contribution is 2.20. The van der Waals surface area contributed by atoms with Gasteiger partial charge in [-0.2, -0.15) is 0 Å². The molecular weight excluding hydrogens is 262 g/mol. The van der Waals surface area contributed by atoms with Gasteiger partial charge in [-0.15, -0.1) is 11.8 Å². The number of aliphatic hydroxyl groups excluding tert-OH is 1. The number of carbonyl (C=O) groups is 1. The Morgan fingerprint density at radius 3 is 2.53 bits per heavy atom. The molecule has 0 atom stereocenters. The Labute approximate surface area is 119 Å². The Morgan fingerprint density at radius 1 is 1.21 bits per heavy atom. The third-order valence-corrected chi connectivity index (χ3v) is 5.23. The van der Waals surface area contributed by atoms with Crippen LogP contribution in [0.3, 0.4) is 0 Å². The zero-order valence-electron chi connectivity index (χ0n) is 11.5. The molecule has 0 saturated carbocycles. The second-order valence-corrected chi connectivity index (χ2v) is 6.50. The largest absolute Gasteiger partial charge is 0.395 e. The molecule has 2 aliphatic heterocycles. The summed E-state index contributed by atoms with van der Waals surface area (Å²) in [5.74, 6) is 0.914. The molecule has 0 aromatic rings. The second kappa shape index (κ2) is 8.09. The van der Waals surface area contributed by atoms with Crippen molar-refractivity contribution in [2.75, 3.05) is 58.2 Å². The molecule has 1 amide bonds. The SMILES string of the molecule is O=C(CSC1CCNCC1)N1CCN(CCO)CC1. The van der Waals surface area contributed by atoms with Gasteiger partial charge in [-0.25, -0.2) is 0 Å². The van der Waals surface area contributed by atoms with E-state index in [1.807, 2.05) is 16.7 Å². The van der Waals surface area contributed by atoms with Gasteiger partial charge < -0.3 is 15.3 Å². The molecule has 2 fully saturated rings. The van der Waals surface area contributed by atoms with E-state index in [4.69, 9.17) is 5.11 Å². The van der Waals surface area contributed by atoms with Crippen molar-refractivity contribution < 1.29 is 9.90 Å². The summed E-state index contributed by atoms with van der Waals surface area (Å²) in [7, 11) is 0. The summed E-state index contributed by atoms with van der Waals surface area (Å²) in [4.78, 5) is 16.3. The molecule has 2 rings (SSSR count). The molecule has 5 nitrogen and oxygen atoms in total. The summed E-state index contributed by atoms with van der Waals surface area (Å²) in [6, 6.07) is 0. The molecule has 2 N–H and O–H groups in total. The lowest BCUT2D eigenvalue weighted by atomic mass is 10.2. The van der Waals surface area contributed by atoms with Gasteiger partial charge in [0.05, 0.1) is 12.4 Å². The molecule has 0 aromatic carbocycles. The van der Waals surface area contributed by atoms with E-state index in [0.29, 0.717) is 11.0 Å². The molecular formula is C13H25N3O2S. The van der Waals surface area contributed by atoms with Crippen molar-refractivity contribution in [1.82, 2.24) is 15.1 Å². The summed E-state index contributed by atoms with van der Waals surface area (Å²) < 4.78 is 0. The summed E-state index contributed by atoms with van der Waals surface area (Å²) >= 11 is 1.83. The number of carbonyl (C=O) groups excluding carboxylic acids is 1. The van der Waals surface area contributed by atoms with Crippen LogP contribution in [0, 0.1) is 0 Å². The van der Waals surface area contributed by atoms with E-state index in [9.17, 15) is 4.79 Å². The van der Waals surface area contributed by atoms with Crippen molar-refractivity contribution in [2.45, 2.75) is 18.1 Å². The minimum atomic E-state index is 0.208. The highest BCUT2D eigenvalue weighted by Gasteiger charge is 2.22. The van der Waals surface area contributed by atoms with Crippen LogP contribution in [0.15, 0.2) is 0 Å². The first-order valence-corrected chi connectivity index (χ1v) is 8.28. The summed E-state index contributed by atoms with van der Waals surface area (Å²) in [6.45, 7) is 6.52. The van der Waals surface area contributed by atoms with Crippen molar-refractivity contribution >= 4 is 17.7 Å². The topological polar surface area (TPSA) is 55.8 Å². The lowest BCUT2D eigenvalue weighted by Crippen LogP contribution is -2.49. The maximum Gasteiger partial charge on any atom is 0.232 e. The number of rotatable bonds is 5. The fourth-order valence-corrected chi connectivity index (χ4v) is 3.73. The van der Waals surface area contributed by atoms with Crippen LogP contribution in [0.1, 0.15) is 12.8 Å². The van der Waals surface area contributed by atoms with E-state index in [0.717, 1.165) is 45.8 Å². The average Bonchev–Trinajstić information content (AvgIpc) is 2.47. The van der Waals surface area contributed by atoms with Crippen molar-refractivity contribution in [3.8, 4) is 0 Å². The van der Waals surface area contributed by atoms with Crippen molar-refractivity contribution in [2.24, 2.45) is 0 Å². The summed E-state index contributed by atoms with van der Waals surface area (Å²) in [5, 5.41) is 12.9. The van der Waals surface area contributed by atoms with Crippen LogP contribution in [0.5, 0.6) is 0 Å². The molecule has 2 heterocycles. The monoisotopic (exact) mass is 287 g/mol. The smallest absolute Gasteiger partial charge is 0.232 e. The van der Waals surface area contributed by atoms with Crippen LogP contribution in [-0.4, -0.2) is 84.2 Å². The van der Waals surface area contributed by atoms with Gasteiger partial charge in [0.2, 0.25) is 5.91 Å². The van der Waals surface area contributed by atoms with Crippen LogP contribution < -0.4 is 5.32 Å². The normalized spacial score (nSPS) is 22.7. The Bertz CT molecular complexity index is 277. The van der Waals surface area contributed by atoms with E-state index in [1.54, 1.807) is 0 Å². The van der Waals surface area contributed by atoms with Crippen LogP contribution in [0.4, 0.5) is 0 Å². The Kier molecular flexibility index (Phi) is 6.43. The minimum absolute atomic E-state index is 0.208. The van der Waals surface area contributed by atoms with Gasteiger partial charge >= 0.3 is 0 Å². The molecule has 0 bridgehead atoms. The quantitative estimate of drug-likeness (QED) is 0.721. The van der Waals surface area contributed by atoms with E-state index in [1.165, 1.54) is 12.8 Å². The number of piperidine rings is 1. The zero-order chi connectivity index (χ0) is 13.5. The third-order valence-electron chi connectivity index (χ3n) is 3.87. The van der Waals surface area contributed by atoms with E-state index >= 15 is 0 Å². The van der Waals surface area contributed by atoms with Gasteiger partial charge in [-0.3, -0.25) is 9.69 Å². The Morgan fingerprint density at radius 2 is 1.89 bits per heavy atom. The molecule has 0 aliphatic carbocycles. The fourth-order valence-electron chi connectivity index (χ4n) is 2.60.